The number of hydrogen-bond donors (Lipinski definition) is 2. The Labute approximate surface area is 112 Å². The maximum Gasteiger partial charge on any atom is 0.244 e. The molecule has 2 unspecified atom stereocenters. The van der Waals surface area contributed by atoms with Crippen molar-refractivity contribution < 1.29 is 9.90 Å². The molecular formula is C14H18ClNO2. The van der Waals surface area contributed by atoms with E-state index < -0.39 is 0 Å². The molecule has 0 bridgehead atoms. The van der Waals surface area contributed by atoms with Gasteiger partial charge in [-0.2, -0.15) is 0 Å². The topological polar surface area (TPSA) is 49.3 Å². The highest BCUT2D eigenvalue weighted by atomic mass is 35.5. The van der Waals surface area contributed by atoms with E-state index >= 15 is 0 Å². The maximum atomic E-state index is 11.6. The van der Waals surface area contributed by atoms with Gasteiger partial charge in [-0.1, -0.05) is 30.7 Å². The summed E-state index contributed by atoms with van der Waals surface area (Å²) in [6.07, 6.45) is 3.20. The molecule has 1 amide bonds. The highest BCUT2D eigenvalue weighted by Gasteiger charge is 2.11. The van der Waals surface area contributed by atoms with Gasteiger partial charge in [0.2, 0.25) is 5.91 Å². The number of aliphatic hydroxyl groups excluding tert-OH is 1. The van der Waals surface area contributed by atoms with Gasteiger partial charge in [-0.3, -0.25) is 4.79 Å². The quantitative estimate of drug-likeness (QED) is 0.806. The van der Waals surface area contributed by atoms with Crippen LogP contribution in [0.1, 0.15) is 19.4 Å². The average molecular weight is 268 g/mol. The Morgan fingerprint density at radius 3 is 2.56 bits per heavy atom. The van der Waals surface area contributed by atoms with E-state index in [1.165, 1.54) is 6.08 Å². The van der Waals surface area contributed by atoms with E-state index in [1.54, 1.807) is 18.2 Å². The lowest BCUT2D eigenvalue weighted by Crippen LogP contribution is -2.37. The zero-order chi connectivity index (χ0) is 13.5. The summed E-state index contributed by atoms with van der Waals surface area (Å²) in [7, 11) is 0. The molecule has 0 aliphatic heterocycles. The molecule has 1 aromatic rings. The summed E-state index contributed by atoms with van der Waals surface area (Å²) in [6.45, 7) is 3.81. The summed E-state index contributed by atoms with van der Waals surface area (Å²) in [5.41, 5.74) is 0.914. The largest absolute Gasteiger partial charge is 0.396 e. The zero-order valence-corrected chi connectivity index (χ0v) is 11.3. The number of rotatable bonds is 5. The number of benzene rings is 1. The van der Waals surface area contributed by atoms with Crippen LogP contribution in [0.15, 0.2) is 30.3 Å². The van der Waals surface area contributed by atoms with Crippen LogP contribution in [0.4, 0.5) is 0 Å². The van der Waals surface area contributed by atoms with E-state index in [1.807, 2.05) is 26.0 Å². The molecule has 2 atom stereocenters. The molecule has 98 valence electrons. The van der Waals surface area contributed by atoms with E-state index in [9.17, 15) is 4.79 Å². The van der Waals surface area contributed by atoms with E-state index in [0.29, 0.717) is 5.02 Å². The van der Waals surface area contributed by atoms with Gasteiger partial charge in [0.15, 0.2) is 0 Å². The lowest BCUT2D eigenvalue weighted by atomic mass is 10.1. The molecule has 4 heteroatoms. The van der Waals surface area contributed by atoms with E-state index in [4.69, 9.17) is 16.7 Å². The van der Waals surface area contributed by atoms with Crippen molar-refractivity contribution in [2.24, 2.45) is 5.92 Å². The molecule has 0 fully saturated rings. The van der Waals surface area contributed by atoms with Gasteiger partial charge < -0.3 is 10.4 Å². The van der Waals surface area contributed by atoms with Gasteiger partial charge >= 0.3 is 0 Å². The molecule has 3 nitrogen and oxygen atoms in total. The fraction of sp³-hybridized carbons (Fsp3) is 0.357. The number of aliphatic hydroxyl groups is 1. The highest BCUT2D eigenvalue weighted by Crippen LogP contribution is 2.10. The summed E-state index contributed by atoms with van der Waals surface area (Å²) >= 11 is 5.77. The minimum atomic E-state index is -0.169. The Kier molecular flexibility index (Phi) is 5.89. The van der Waals surface area contributed by atoms with Crippen molar-refractivity contribution in [2.45, 2.75) is 19.9 Å². The number of carbonyl (C=O) groups is 1. The molecule has 0 heterocycles. The SMILES string of the molecule is CC(CO)C(C)NC(=O)/C=C/c1ccc(Cl)cc1. The van der Waals surface area contributed by atoms with Gasteiger partial charge in [0, 0.05) is 23.7 Å². The fourth-order valence-electron chi connectivity index (χ4n) is 1.32. The Hall–Kier alpha value is -1.32. The standard InChI is InChI=1S/C14H18ClNO2/c1-10(9-17)11(2)16-14(18)8-5-12-3-6-13(15)7-4-12/h3-8,10-11,17H,9H2,1-2H3,(H,16,18)/b8-5+. The predicted octanol–water partition coefficient (Wildman–Crippen LogP) is 2.49. The van der Waals surface area contributed by atoms with Crippen molar-refractivity contribution in [1.82, 2.24) is 5.32 Å². The first-order valence-electron chi connectivity index (χ1n) is 5.88. The van der Waals surface area contributed by atoms with Crippen LogP contribution in [-0.2, 0) is 4.79 Å². The van der Waals surface area contributed by atoms with Crippen molar-refractivity contribution in [3.05, 3.63) is 40.9 Å². The summed E-state index contributed by atoms with van der Waals surface area (Å²) in [5.74, 6) is -0.129. The summed E-state index contributed by atoms with van der Waals surface area (Å²) in [6, 6.07) is 7.17. The van der Waals surface area contributed by atoms with Gasteiger partial charge in [-0.25, -0.2) is 0 Å². The second-order valence-electron chi connectivity index (χ2n) is 4.34. The molecule has 0 aromatic heterocycles. The Morgan fingerprint density at radius 1 is 1.39 bits per heavy atom. The third-order valence-electron chi connectivity index (χ3n) is 2.81. The first kappa shape index (κ1) is 14.7. The molecule has 18 heavy (non-hydrogen) atoms. The second kappa shape index (κ2) is 7.19. The van der Waals surface area contributed by atoms with Crippen molar-refractivity contribution in [2.75, 3.05) is 6.61 Å². The van der Waals surface area contributed by atoms with Gasteiger partial charge in [-0.15, -0.1) is 0 Å². The minimum absolute atomic E-state index is 0.0397. The van der Waals surface area contributed by atoms with Crippen LogP contribution in [0.3, 0.4) is 0 Å². The van der Waals surface area contributed by atoms with Crippen molar-refractivity contribution >= 4 is 23.6 Å². The molecule has 2 N–H and O–H groups in total. The first-order chi connectivity index (χ1) is 8.52. The molecule has 0 spiro atoms. The van der Waals surface area contributed by atoms with Crippen LogP contribution in [0.5, 0.6) is 0 Å². The third kappa shape index (κ3) is 4.90. The van der Waals surface area contributed by atoms with Crippen LogP contribution in [0.2, 0.25) is 5.02 Å². The Morgan fingerprint density at radius 2 is 2.00 bits per heavy atom. The number of nitrogens with one attached hydrogen (secondary N) is 1. The van der Waals surface area contributed by atoms with Crippen LogP contribution in [0, 0.1) is 5.92 Å². The normalized spacial score (nSPS) is 14.4. The molecular weight excluding hydrogens is 250 g/mol. The summed E-state index contributed by atoms with van der Waals surface area (Å²) < 4.78 is 0. The molecule has 0 aliphatic carbocycles. The lowest BCUT2D eigenvalue weighted by Gasteiger charge is -2.18. The van der Waals surface area contributed by atoms with Crippen molar-refractivity contribution in [3.63, 3.8) is 0 Å². The number of halogens is 1. The number of amides is 1. The second-order valence-corrected chi connectivity index (χ2v) is 4.78. The van der Waals surface area contributed by atoms with Gasteiger partial charge in [0.05, 0.1) is 0 Å². The number of carbonyl (C=O) groups excluding carboxylic acids is 1. The van der Waals surface area contributed by atoms with Crippen LogP contribution in [-0.4, -0.2) is 23.7 Å². The highest BCUT2D eigenvalue weighted by molar-refractivity contribution is 6.30. The Balaban J connectivity index is 2.52. The third-order valence-corrected chi connectivity index (χ3v) is 3.06. The van der Waals surface area contributed by atoms with Crippen LogP contribution < -0.4 is 5.32 Å². The predicted molar refractivity (Wildman–Crippen MR) is 74.3 cm³/mol. The fourth-order valence-corrected chi connectivity index (χ4v) is 1.44. The Bertz CT molecular complexity index is 414. The lowest BCUT2D eigenvalue weighted by molar-refractivity contribution is -0.117. The van der Waals surface area contributed by atoms with E-state index in [-0.39, 0.29) is 24.5 Å². The molecule has 0 radical (unpaired) electrons. The van der Waals surface area contributed by atoms with Gasteiger partial charge in [0.1, 0.15) is 0 Å². The summed E-state index contributed by atoms with van der Waals surface area (Å²) in [4.78, 5) is 11.6. The smallest absolute Gasteiger partial charge is 0.244 e. The van der Waals surface area contributed by atoms with Crippen LogP contribution >= 0.6 is 11.6 Å². The van der Waals surface area contributed by atoms with E-state index in [0.717, 1.165) is 5.56 Å². The minimum Gasteiger partial charge on any atom is -0.396 e. The first-order valence-corrected chi connectivity index (χ1v) is 6.25. The molecule has 0 saturated heterocycles. The molecule has 1 rings (SSSR count). The summed E-state index contributed by atoms with van der Waals surface area (Å²) in [5, 5.41) is 12.4. The van der Waals surface area contributed by atoms with E-state index in [2.05, 4.69) is 5.32 Å². The zero-order valence-electron chi connectivity index (χ0n) is 10.6. The molecule has 1 aromatic carbocycles. The van der Waals surface area contributed by atoms with Gasteiger partial charge in [0.25, 0.3) is 0 Å². The number of hydrogen-bond acceptors (Lipinski definition) is 2. The molecule has 0 saturated carbocycles. The monoisotopic (exact) mass is 267 g/mol. The van der Waals surface area contributed by atoms with Crippen LogP contribution in [0.25, 0.3) is 6.08 Å². The average Bonchev–Trinajstić information content (AvgIpc) is 2.37. The van der Waals surface area contributed by atoms with Crippen molar-refractivity contribution in [1.29, 1.82) is 0 Å². The molecule has 0 aliphatic rings. The maximum absolute atomic E-state index is 11.6. The van der Waals surface area contributed by atoms with Gasteiger partial charge in [-0.05, 0) is 36.6 Å². The van der Waals surface area contributed by atoms with Crippen molar-refractivity contribution in [3.8, 4) is 0 Å².